The summed E-state index contributed by atoms with van der Waals surface area (Å²) in [6.45, 7) is 0. The van der Waals surface area contributed by atoms with Gasteiger partial charge in [0.2, 0.25) is 0 Å². The molecule has 0 amide bonds. The number of rotatable bonds is 7. The van der Waals surface area contributed by atoms with Crippen molar-refractivity contribution in [3.8, 4) is 44.5 Å². The molecule has 0 N–H and O–H groups in total. The Hall–Kier alpha value is -7.68. The molecule has 11 aromatic rings. The van der Waals surface area contributed by atoms with Crippen LogP contribution in [-0.2, 0) is 0 Å². The molecule has 11 rings (SSSR count). The molecule has 0 bridgehead atoms. The Bertz CT molecular complexity index is 3480. The second kappa shape index (κ2) is 14.1. The van der Waals surface area contributed by atoms with E-state index in [-0.39, 0.29) is 35.4 Å². The smallest absolute Gasteiger partial charge is 0.143 e. The largest absolute Gasteiger partial charge is 0.455 e. The third-order valence-electron chi connectivity index (χ3n) is 11.1. The van der Waals surface area contributed by atoms with Gasteiger partial charge >= 0.3 is 0 Å². The Morgan fingerprint density at radius 2 is 0.897 bits per heavy atom. The maximum absolute atomic E-state index is 9.65. The van der Waals surface area contributed by atoms with Gasteiger partial charge in [-0.05, 0) is 115 Å². The lowest BCUT2D eigenvalue weighted by atomic mass is 9.97. The molecule has 0 aliphatic carbocycles. The summed E-state index contributed by atoms with van der Waals surface area (Å²) in [5, 5.41) is 6.15. The van der Waals surface area contributed by atoms with Crippen molar-refractivity contribution in [1.29, 1.82) is 0 Å². The normalized spacial score (nSPS) is 12.4. The summed E-state index contributed by atoms with van der Waals surface area (Å²) in [5.74, 6) is 0. The van der Waals surface area contributed by atoms with Gasteiger partial charge in [0.25, 0.3) is 0 Å². The zero-order chi connectivity index (χ0) is 41.9. The number of hydrogen-bond donors (Lipinski definition) is 0. The van der Waals surface area contributed by atoms with Crippen LogP contribution in [0.1, 0.15) is 5.48 Å². The first-order chi connectivity index (χ1) is 30.4. The Morgan fingerprint density at radius 3 is 1.69 bits per heavy atom. The highest BCUT2D eigenvalue weighted by molar-refractivity contribution is 6.19. The molecule has 0 unspecified atom stereocenters. The van der Waals surface area contributed by atoms with Crippen molar-refractivity contribution in [2.24, 2.45) is 0 Å². The minimum Gasteiger partial charge on any atom is -0.455 e. The van der Waals surface area contributed by atoms with Gasteiger partial charge in [-0.2, -0.15) is 0 Å². The molecule has 2 nitrogen and oxygen atoms in total. The van der Waals surface area contributed by atoms with Crippen LogP contribution < -0.4 is 4.90 Å². The highest BCUT2D eigenvalue weighted by Gasteiger charge is 2.20. The molecule has 0 fully saturated rings. The summed E-state index contributed by atoms with van der Waals surface area (Å²) >= 11 is 0. The number of anilines is 3. The van der Waals surface area contributed by atoms with E-state index in [2.05, 4.69) is 103 Å². The Kier molecular flexibility index (Phi) is 7.20. The molecule has 0 atom stereocenters. The van der Waals surface area contributed by atoms with Crippen LogP contribution >= 0.6 is 0 Å². The molecule has 0 radical (unpaired) electrons. The van der Waals surface area contributed by atoms with Crippen LogP contribution in [0.4, 0.5) is 17.1 Å². The topological polar surface area (TPSA) is 16.4 Å². The molecule has 1 aromatic heterocycles. The number of fused-ring (bicyclic) bond motifs is 6. The fourth-order valence-corrected chi connectivity index (χ4v) is 8.18. The van der Waals surface area contributed by atoms with E-state index in [0.717, 1.165) is 60.5 Å². The van der Waals surface area contributed by atoms with Crippen molar-refractivity contribution in [2.45, 2.75) is 0 Å². The first kappa shape index (κ1) is 29.6. The van der Waals surface area contributed by atoms with E-state index in [4.69, 9.17) is 4.42 Å². The lowest BCUT2D eigenvalue weighted by molar-refractivity contribution is 0.672. The van der Waals surface area contributed by atoms with Crippen molar-refractivity contribution in [1.82, 2.24) is 0 Å². The molecule has 0 saturated heterocycles. The van der Waals surface area contributed by atoms with Crippen LogP contribution in [0.15, 0.2) is 229 Å². The summed E-state index contributed by atoms with van der Waals surface area (Å²) in [6, 6.07) is 66.8. The van der Waals surface area contributed by atoms with Gasteiger partial charge < -0.3 is 9.32 Å². The standard InChI is InChI=1S/C56H37NO/c1-2-10-38(11-3-1)40-20-22-41(23-21-40)42-26-31-49(32-27-42)57(53-18-9-19-54-55(53)52-35-30-44-13-6-7-17-51(44)56(52)58-54)50-33-28-43(29-34-50)46-15-8-16-47(36-46)48-25-24-39-12-4-5-14-45(39)37-48/h1-37H/i26D,27D,31D,32D. The van der Waals surface area contributed by atoms with E-state index < -0.39 is 0 Å². The van der Waals surface area contributed by atoms with E-state index in [1.165, 1.54) is 10.8 Å². The third-order valence-corrected chi connectivity index (χ3v) is 11.1. The van der Waals surface area contributed by atoms with Gasteiger partial charge in [0, 0.05) is 22.1 Å². The van der Waals surface area contributed by atoms with Crippen molar-refractivity contribution in [2.75, 3.05) is 4.90 Å². The number of hydrogen-bond acceptors (Lipinski definition) is 2. The van der Waals surface area contributed by atoms with Gasteiger partial charge in [0.15, 0.2) is 0 Å². The summed E-state index contributed by atoms with van der Waals surface area (Å²) in [6.07, 6.45) is 0. The first-order valence-corrected chi connectivity index (χ1v) is 19.5. The number of nitrogens with zero attached hydrogens (tertiary/aromatic N) is 1. The third kappa shape index (κ3) is 6.00. The number of benzene rings is 10. The molecular formula is C56H37NO. The molecule has 2 heteroatoms. The summed E-state index contributed by atoms with van der Waals surface area (Å²) in [5.41, 5.74) is 10.2. The van der Waals surface area contributed by atoms with E-state index >= 15 is 0 Å². The molecule has 0 spiro atoms. The monoisotopic (exact) mass is 743 g/mol. The van der Waals surface area contributed by atoms with Gasteiger partial charge in [0.1, 0.15) is 11.2 Å². The Labute approximate surface area is 343 Å². The quantitative estimate of drug-likeness (QED) is 0.162. The second-order valence-electron chi connectivity index (χ2n) is 14.6. The lowest BCUT2D eigenvalue weighted by Gasteiger charge is -2.26. The van der Waals surface area contributed by atoms with Gasteiger partial charge in [-0.3, -0.25) is 0 Å². The average Bonchev–Trinajstić information content (AvgIpc) is 3.73. The average molecular weight is 744 g/mol. The van der Waals surface area contributed by atoms with E-state index in [9.17, 15) is 5.48 Å². The molecular weight excluding hydrogens is 703 g/mol. The highest BCUT2D eigenvalue weighted by atomic mass is 16.3. The van der Waals surface area contributed by atoms with Gasteiger partial charge in [-0.15, -0.1) is 0 Å². The number of furan rings is 1. The highest BCUT2D eigenvalue weighted by Crippen LogP contribution is 2.45. The van der Waals surface area contributed by atoms with Crippen LogP contribution in [0.25, 0.3) is 88.0 Å². The zero-order valence-corrected chi connectivity index (χ0v) is 31.4. The van der Waals surface area contributed by atoms with Crippen molar-refractivity contribution < 1.29 is 9.90 Å². The SMILES string of the molecule is [2H]c1c([2H])c(N(c2ccc(-c3cccc(-c4ccc5ccccc5c4)c3)cc2)c2cccc3oc4c5ccccc5ccc4c23)c([2H])c([2H])c1-c1ccc(-c2ccccc2)cc1. The Balaban J connectivity index is 1.07. The summed E-state index contributed by atoms with van der Waals surface area (Å²) in [7, 11) is 0. The van der Waals surface area contributed by atoms with Gasteiger partial charge in [-0.25, -0.2) is 0 Å². The van der Waals surface area contributed by atoms with Gasteiger partial charge in [-0.1, -0.05) is 170 Å². The molecule has 0 aliphatic rings. The molecule has 58 heavy (non-hydrogen) atoms. The maximum atomic E-state index is 9.65. The molecule has 272 valence electrons. The lowest BCUT2D eigenvalue weighted by Crippen LogP contribution is -2.10. The predicted octanol–water partition coefficient (Wildman–Crippen LogP) is 16.0. The molecule has 0 saturated carbocycles. The minimum absolute atomic E-state index is 0.115. The van der Waals surface area contributed by atoms with Crippen LogP contribution in [-0.4, -0.2) is 0 Å². The van der Waals surface area contributed by atoms with Crippen LogP contribution in [0.5, 0.6) is 0 Å². The van der Waals surface area contributed by atoms with Crippen molar-refractivity contribution >= 4 is 60.5 Å². The van der Waals surface area contributed by atoms with Crippen LogP contribution in [0, 0.1) is 0 Å². The van der Waals surface area contributed by atoms with Crippen LogP contribution in [0.2, 0.25) is 0 Å². The second-order valence-corrected chi connectivity index (χ2v) is 14.6. The predicted molar refractivity (Wildman–Crippen MR) is 245 cm³/mol. The maximum Gasteiger partial charge on any atom is 0.143 e. The van der Waals surface area contributed by atoms with E-state index in [1.807, 2.05) is 102 Å². The zero-order valence-electron chi connectivity index (χ0n) is 35.4. The minimum atomic E-state index is -0.143. The van der Waals surface area contributed by atoms with Crippen molar-refractivity contribution in [3.05, 3.63) is 224 Å². The first-order valence-electron chi connectivity index (χ1n) is 21.5. The molecule has 10 aromatic carbocycles. The molecule has 1 heterocycles. The summed E-state index contributed by atoms with van der Waals surface area (Å²) in [4.78, 5) is 1.87. The fourth-order valence-electron chi connectivity index (χ4n) is 8.18. The Morgan fingerprint density at radius 1 is 0.345 bits per heavy atom. The fraction of sp³-hybridized carbons (Fsp3) is 0. The summed E-state index contributed by atoms with van der Waals surface area (Å²) < 4.78 is 44.8. The van der Waals surface area contributed by atoms with Crippen molar-refractivity contribution in [3.63, 3.8) is 0 Å². The van der Waals surface area contributed by atoms with E-state index in [0.29, 0.717) is 22.5 Å². The van der Waals surface area contributed by atoms with E-state index in [1.54, 1.807) is 0 Å². The molecule has 0 aliphatic heterocycles. The van der Waals surface area contributed by atoms with Crippen LogP contribution in [0.3, 0.4) is 0 Å². The van der Waals surface area contributed by atoms with Gasteiger partial charge in [0.05, 0.1) is 16.6 Å².